The Bertz CT molecular complexity index is 651. The number of anilines is 1. The Morgan fingerprint density at radius 3 is 2.73 bits per heavy atom. The molecule has 0 aliphatic carbocycles. The van der Waals surface area contributed by atoms with Crippen molar-refractivity contribution >= 4 is 11.9 Å². The van der Waals surface area contributed by atoms with E-state index in [4.69, 9.17) is 14.6 Å². The van der Waals surface area contributed by atoms with Crippen LogP contribution in [0.5, 0.6) is 0 Å². The van der Waals surface area contributed by atoms with Crippen molar-refractivity contribution in [2.24, 2.45) is 0 Å². The summed E-state index contributed by atoms with van der Waals surface area (Å²) in [6, 6.07) is 1.34. The summed E-state index contributed by atoms with van der Waals surface area (Å²) in [6.07, 6.45) is -0.427. The number of carbonyl (C=O) groups is 1. The molecule has 4 N–H and O–H groups in total. The summed E-state index contributed by atoms with van der Waals surface area (Å²) < 4.78 is 11.2. The standard InChI is InChI=1S/C16H25N3O7/c1-2-3-4-5-8-25-16(24)18-11-6-7-19(15(23)17-11)14-13(22)12(21)10(9-20)26-14/h6-7,10,12-14,20-22H,2-5,8-9H2,1H3,(H,17,18,23,24)/t10-,12-,13+,14-/m1/s1. The monoisotopic (exact) mass is 371 g/mol. The summed E-state index contributed by atoms with van der Waals surface area (Å²) in [5.41, 5.74) is -0.791. The number of rotatable bonds is 8. The van der Waals surface area contributed by atoms with Crippen molar-refractivity contribution in [3.63, 3.8) is 0 Å². The van der Waals surface area contributed by atoms with Crippen LogP contribution in [0.15, 0.2) is 17.1 Å². The van der Waals surface area contributed by atoms with Crippen LogP contribution in [0.1, 0.15) is 38.8 Å². The lowest BCUT2D eigenvalue weighted by Gasteiger charge is -2.17. The topological polar surface area (TPSA) is 143 Å². The molecule has 10 nitrogen and oxygen atoms in total. The van der Waals surface area contributed by atoms with Gasteiger partial charge < -0.3 is 24.8 Å². The largest absolute Gasteiger partial charge is 0.449 e. The van der Waals surface area contributed by atoms with Crippen molar-refractivity contribution < 1.29 is 29.6 Å². The average Bonchev–Trinajstić information content (AvgIpc) is 2.90. The van der Waals surface area contributed by atoms with Crippen LogP contribution in [0.3, 0.4) is 0 Å². The van der Waals surface area contributed by atoms with E-state index >= 15 is 0 Å². The quantitative estimate of drug-likeness (QED) is 0.467. The maximum absolute atomic E-state index is 12.1. The molecule has 1 aliphatic rings. The molecule has 2 rings (SSSR count). The summed E-state index contributed by atoms with van der Waals surface area (Å²) in [7, 11) is 0. The lowest BCUT2D eigenvalue weighted by atomic mass is 10.1. The highest BCUT2D eigenvalue weighted by atomic mass is 16.6. The number of carbonyl (C=O) groups excluding carboxylic acids is 1. The van der Waals surface area contributed by atoms with Gasteiger partial charge in [0.2, 0.25) is 0 Å². The number of unbranched alkanes of at least 4 members (excludes halogenated alkanes) is 3. The van der Waals surface area contributed by atoms with Crippen molar-refractivity contribution in [3.05, 3.63) is 22.7 Å². The van der Waals surface area contributed by atoms with Gasteiger partial charge in [0, 0.05) is 6.20 Å². The molecule has 2 heterocycles. The molecule has 0 bridgehead atoms. The molecule has 1 aromatic rings. The van der Waals surface area contributed by atoms with E-state index in [1.807, 2.05) is 0 Å². The SMILES string of the molecule is CCCCCCOC(=O)Nc1ccn([C@@H]2O[C@H](CO)[C@@H](O)[C@@H]2O)c(=O)n1. The number of nitrogens with one attached hydrogen (secondary N) is 1. The first kappa shape index (κ1) is 20.3. The molecule has 0 saturated carbocycles. The predicted molar refractivity (Wildman–Crippen MR) is 90.6 cm³/mol. The highest BCUT2D eigenvalue weighted by Crippen LogP contribution is 2.28. The molecular formula is C16H25N3O7. The molecule has 1 aliphatic heterocycles. The molecule has 0 radical (unpaired) electrons. The summed E-state index contributed by atoms with van der Waals surface area (Å²) in [4.78, 5) is 27.5. The lowest BCUT2D eigenvalue weighted by molar-refractivity contribution is -0.0549. The molecular weight excluding hydrogens is 346 g/mol. The summed E-state index contributed by atoms with van der Waals surface area (Å²) in [5, 5.41) is 31.1. The minimum absolute atomic E-state index is 0.00319. The van der Waals surface area contributed by atoms with Gasteiger partial charge in [-0.3, -0.25) is 9.88 Å². The number of nitrogens with zero attached hydrogens (tertiary/aromatic N) is 2. The van der Waals surface area contributed by atoms with E-state index < -0.39 is 42.9 Å². The van der Waals surface area contributed by atoms with Crippen LogP contribution in [0.2, 0.25) is 0 Å². The molecule has 26 heavy (non-hydrogen) atoms. The molecule has 0 spiro atoms. The summed E-state index contributed by atoms with van der Waals surface area (Å²) >= 11 is 0. The zero-order valence-electron chi connectivity index (χ0n) is 14.6. The van der Waals surface area contributed by atoms with E-state index in [-0.39, 0.29) is 12.4 Å². The van der Waals surface area contributed by atoms with Gasteiger partial charge >= 0.3 is 11.8 Å². The molecule has 0 aromatic carbocycles. The third-order valence-corrected chi connectivity index (χ3v) is 4.08. The Kier molecular flexibility index (Phi) is 7.51. The molecule has 1 amide bonds. The fourth-order valence-electron chi connectivity index (χ4n) is 2.62. The Morgan fingerprint density at radius 2 is 2.12 bits per heavy atom. The normalized spacial score (nSPS) is 25.2. The zero-order valence-corrected chi connectivity index (χ0v) is 14.6. The van der Waals surface area contributed by atoms with Gasteiger partial charge in [-0.1, -0.05) is 26.2 Å². The number of ether oxygens (including phenoxy) is 2. The summed E-state index contributed by atoms with van der Waals surface area (Å²) in [5.74, 6) is -0.00319. The van der Waals surface area contributed by atoms with Crippen molar-refractivity contribution in [2.45, 2.75) is 57.1 Å². The van der Waals surface area contributed by atoms with E-state index in [0.29, 0.717) is 0 Å². The van der Waals surface area contributed by atoms with Crippen molar-refractivity contribution in [3.8, 4) is 0 Å². The number of aliphatic hydroxyl groups is 3. The molecule has 1 fully saturated rings. The average molecular weight is 371 g/mol. The molecule has 1 aromatic heterocycles. The van der Waals surface area contributed by atoms with E-state index in [1.165, 1.54) is 12.3 Å². The predicted octanol–water partition coefficient (Wildman–Crippen LogP) is -0.0164. The third kappa shape index (κ3) is 5.01. The fourth-order valence-corrected chi connectivity index (χ4v) is 2.62. The first-order chi connectivity index (χ1) is 12.5. The van der Waals surface area contributed by atoms with Gasteiger partial charge in [0.1, 0.15) is 24.1 Å². The first-order valence-electron chi connectivity index (χ1n) is 8.63. The van der Waals surface area contributed by atoms with Crippen molar-refractivity contribution in [1.82, 2.24) is 9.55 Å². The van der Waals surface area contributed by atoms with Crippen LogP contribution in [-0.4, -0.2) is 62.5 Å². The van der Waals surface area contributed by atoms with Gasteiger partial charge in [-0.2, -0.15) is 4.98 Å². The van der Waals surface area contributed by atoms with Crippen LogP contribution in [0.4, 0.5) is 10.6 Å². The molecule has 1 saturated heterocycles. The maximum Gasteiger partial charge on any atom is 0.412 e. The van der Waals surface area contributed by atoms with E-state index in [0.717, 1.165) is 30.3 Å². The smallest absolute Gasteiger partial charge is 0.412 e. The first-order valence-corrected chi connectivity index (χ1v) is 8.63. The zero-order chi connectivity index (χ0) is 19.1. The van der Waals surface area contributed by atoms with Crippen LogP contribution in [-0.2, 0) is 9.47 Å². The second kappa shape index (κ2) is 9.62. The number of aliphatic hydroxyl groups excluding tert-OH is 3. The van der Waals surface area contributed by atoms with Gasteiger partial charge in [-0.05, 0) is 12.5 Å². The Labute approximate surface area is 150 Å². The number of hydrogen-bond donors (Lipinski definition) is 4. The Morgan fingerprint density at radius 1 is 1.35 bits per heavy atom. The summed E-state index contributed by atoms with van der Waals surface area (Å²) in [6.45, 7) is 1.87. The minimum Gasteiger partial charge on any atom is -0.449 e. The molecule has 4 atom stereocenters. The van der Waals surface area contributed by atoms with Gasteiger partial charge in [-0.15, -0.1) is 0 Å². The van der Waals surface area contributed by atoms with Gasteiger partial charge in [0.25, 0.3) is 0 Å². The number of aromatic nitrogens is 2. The van der Waals surface area contributed by atoms with E-state index in [9.17, 15) is 19.8 Å². The highest BCUT2D eigenvalue weighted by molar-refractivity contribution is 5.83. The van der Waals surface area contributed by atoms with E-state index in [1.54, 1.807) is 0 Å². The van der Waals surface area contributed by atoms with Crippen LogP contribution < -0.4 is 11.0 Å². The molecule has 10 heteroatoms. The van der Waals surface area contributed by atoms with Crippen LogP contribution in [0, 0.1) is 0 Å². The minimum atomic E-state index is -1.39. The third-order valence-electron chi connectivity index (χ3n) is 4.08. The van der Waals surface area contributed by atoms with Crippen LogP contribution >= 0.6 is 0 Å². The second-order valence-electron chi connectivity index (χ2n) is 6.05. The van der Waals surface area contributed by atoms with Gasteiger partial charge in [0.05, 0.1) is 13.2 Å². The number of hydrogen-bond acceptors (Lipinski definition) is 8. The Balaban J connectivity index is 1.93. The number of amides is 1. The van der Waals surface area contributed by atoms with E-state index in [2.05, 4.69) is 17.2 Å². The second-order valence-corrected chi connectivity index (χ2v) is 6.05. The van der Waals surface area contributed by atoms with Gasteiger partial charge in [0.15, 0.2) is 6.23 Å². The molecule has 0 unspecified atom stereocenters. The molecule has 146 valence electrons. The van der Waals surface area contributed by atoms with Gasteiger partial charge in [-0.25, -0.2) is 9.59 Å². The lowest BCUT2D eigenvalue weighted by Crippen LogP contribution is -2.36. The maximum atomic E-state index is 12.1. The van der Waals surface area contributed by atoms with Crippen molar-refractivity contribution in [1.29, 1.82) is 0 Å². The fraction of sp³-hybridized carbons (Fsp3) is 0.688. The Hall–Kier alpha value is -2.01. The van der Waals surface area contributed by atoms with Crippen LogP contribution in [0.25, 0.3) is 0 Å². The van der Waals surface area contributed by atoms with Crippen molar-refractivity contribution in [2.75, 3.05) is 18.5 Å². The highest BCUT2D eigenvalue weighted by Gasteiger charge is 2.43.